The van der Waals surface area contributed by atoms with Crippen LogP contribution in [0, 0.1) is 17.2 Å². The number of aromatic nitrogens is 4. The molecule has 0 radical (unpaired) electrons. The maximum Gasteiger partial charge on any atom is 0.254 e. The molecule has 3 heterocycles. The minimum absolute atomic E-state index is 0.0275. The zero-order valence-corrected chi connectivity index (χ0v) is 17.2. The van der Waals surface area contributed by atoms with E-state index in [1.165, 1.54) is 0 Å². The number of carbonyl (C=O) groups excluding carboxylic acids is 1. The van der Waals surface area contributed by atoms with Crippen molar-refractivity contribution in [1.29, 1.82) is 5.26 Å². The number of H-pyrrole nitrogens is 1. The Bertz CT molecular complexity index is 1270. The summed E-state index contributed by atoms with van der Waals surface area (Å²) < 4.78 is 2.18. The van der Waals surface area contributed by atoms with Crippen molar-refractivity contribution in [3.8, 4) is 17.2 Å². The van der Waals surface area contributed by atoms with Gasteiger partial charge in [-0.1, -0.05) is 6.07 Å². The SMILES string of the molecule is CC1CC(Cn2cnc3cc(-c4cn[nH]c4)ccc32)CN1C(=O)c1ccc(C#N)cc1. The van der Waals surface area contributed by atoms with Gasteiger partial charge in [-0.3, -0.25) is 9.89 Å². The van der Waals surface area contributed by atoms with Gasteiger partial charge in [0.05, 0.1) is 35.2 Å². The lowest BCUT2D eigenvalue weighted by atomic mass is 10.1. The Kier molecular flexibility index (Phi) is 4.75. The van der Waals surface area contributed by atoms with Gasteiger partial charge in [0.15, 0.2) is 0 Å². The number of nitrogens with one attached hydrogen (secondary N) is 1. The van der Waals surface area contributed by atoms with Gasteiger partial charge in [-0.05, 0) is 61.2 Å². The van der Waals surface area contributed by atoms with E-state index in [1.807, 2.05) is 17.4 Å². The number of imidazole rings is 1. The van der Waals surface area contributed by atoms with Crippen LogP contribution in [0.3, 0.4) is 0 Å². The van der Waals surface area contributed by atoms with Crippen molar-refractivity contribution in [1.82, 2.24) is 24.6 Å². The molecule has 0 spiro atoms. The lowest BCUT2D eigenvalue weighted by molar-refractivity contribution is 0.0742. The highest BCUT2D eigenvalue weighted by Crippen LogP contribution is 2.28. The van der Waals surface area contributed by atoms with Gasteiger partial charge < -0.3 is 9.47 Å². The number of benzene rings is 2. The average molecular weight is 410 g/mol. The van der Waals surface area contributed by atoms with Crippen molar-refractivity contribution < 1.29 is 4.79 Å². The molecule has 0 bridgehead atoms. The van der Waals surface area contributed by atoms with E-state index in [1.54, 1.807) is 30.5 Å². The van der Waals surface area contributed by atoms with Crippen LogP contribution < -0.4 is 0 Å². The molecule has 4 aromatic rings. The number of hydrogen-bond donors (Lipinski definition) is 1. The molecule has 7 nitrogen and oxygen atoms in total. The van der Waals surface area contributed by atoms with Gasteiger partial charge in [-0.2, -0.15) is 10.4 Å². The smallest absolute Gasteiger partial charge is 0.254 e. The van der Waals surface area contributed by atoms with E-state index in [0.717, 1.165) is 35.1 Å². The van der Waals surface area contributed by atoms with Gasteiger partial charge in [-0.25, -0.2) is 4.98 Å². The van der Waals surface area contributed by atoms with E-state index in [0.29, 0.717) is 23.6 Å². The van der Waals surface area contributed by atoms with Gasteiger partial charge in [0.1, 0.15) is 0 Å². The van der Waals surface area contributed by atoms with Crippen molar-refractivity contribution >= 4 is 16.9 Å². The topological polar surface area (TPSA) is 90.6 Å². The maximum atomic E-state index is 13.0. The number of rotatable bonds is 4. The van der Waals surface area contributed by atoms with Crippen LogP contribution in [-0.4, -0.2) is 43.1 Å². The second-order valence-electron chi connectivity index (χ2n) is 8.18. The van der Waals surface area contributed by atoms with E-state index in [9.17, 15) is 4.79 Å². The lowest BCUT2D eigenvalue weighted by Gasteiger charge is -2.21. The fourth-order valence-corrected chi connectivity index (χ4v) is 4.49. The summed E-state index contributed by atoms with van der Waals surface area (Å²) >= 11 is 0. The molecule has 5 rings (SSSR count). The Morgan fingerprint density at radius 1 is 1.23 bits per heavy atom. The van der Waals surface area contributed by atoms with Crippen molar-refractivity contribution in [2.24, 2.45) is 5.92 Å². The first-order chi connectivity index (χ1) is 15.1. The average Bonchev–Trinajstić information content (AvgIpc) is 3.54. The van der Waals surface area contributed by atoms with Crippen molar-refractivity contribution in [2.45, 2.75) is 25.9 Å². The number of nitrogens with zero attached hydrogens (tertiary/aromatic N) is 5. The number of carbonyl (C=O) groups is 1. The predicted octanol–water partition coefficient (Wildman–Crippen LogP) is 3.85. The molecule has 2 aromatic carbocycles. The molecular weight excluding hydrogens is 388 g/mol. The molecule has 7 heteroatoms. The van der Waals surface area contributed by atoms with Gasteiger partial charge in [0, 0.05) is 36.5 Å². The molecule has 1 aliphatic rings. The number of hydrogen-bond acceptors (Lipinski definition) is 4. The summed E-state index contributed by atoms with van der Waals surface area (Å²) in [4.78, 5) is 19.5. The molecule has 1 aliphatic heterocycles. The Hall–Kier alpha value is -3.92. The van der Waals surface area contributed by atoms with Crippen molar-refractivity contribution in [3.63, 3.8) is 0 Å². The quantitative estimate of drug-likeness (QED) is 0.553. The van der Waals surface area contributed by atoms with Crippen LogP contribution in [0.25, 0.3) is 22.2 Å². The van der Waals surface area contributed by atoms with Crippen LogP contribution >= 0.6 is 0 Å². The summed E-state index contributed by atoms with van der Waals surface area (Å²) in [6.07, 6.45) is 6.52. The highest BCUT2D eigenvalue weighted by atomic mass is 16.2. The van der Waals surface area contributed by atoms with E-state index in [2.05, 4.69) is 50.9 Å². The normalized spacial score (nSPS) is 18.4. The van der Waals surface area contributed by atoms with E-state index < -0.39 is 0 Å². The Morgan fingerprint density at radius 2 is 2.06 bits per heavy atom. The molecular formula is C24H22N6O. The first-order valence-electron chi connectivity index (χ1n) is 10.4. The summed E-state index contributed by atoms with van der Waals surface area (Å²) in [5, 5.41) is 15.8. The Balaban J connectivity index is 1.31. The minimum atomic E-state index is 0.0275. The van der Waals surface area contributed by atoms with Crippen molar-refractivity contribution in [3.05, 3.63) is 72.3 Å². The standard InChI is InChI=1S/C24H22N6O/c1-16-8-18(14-30(16)24(31)19-4-2-17(10-25)3-5-19)13-29-15-26-22-9-20(6-7-23(22)29)21-11-27-28-12-21/h2-7,9,11-12,15-16,18H,8,13-14H2,1H3,(H,27,28). The van der Waals surface area contributed by atoms with Crippen LogP contribution in [0.15, 0.2) is 61.2 Å². The minimum Gasteiger partial charge on any atom is -0.336 e. The second-order valence-corrected chi connectivity index (χ2v) is 8.18. The molecule has 0 aliphatic carbocycles. The van der Waals surface area contributed by atoms with Crippen LogP contribution in [0.2, 0.25) is 0 Å². The molecule has 1 saturated heterocycles. The third-order valence-electron chi connectivity index (χ3n) is 6.09. The maximum absolute atomic E-state index is 13.0. The Labute approximate surface area is 179 Å². The van der Waals surface area contributed by atoms with E-state index in [4.69, 9.17) is 5.26 Å². The molecule has 1 amide bonds. The largest absolute Gasteiger partial charge is 0.336 e. The number of aromatic amines is 1. The first kappa shape index (κ1) is 19.1. The molecule has 1 fully saturated rings. The summed E-state index contributed by atoms with van der Waals surface area (Å²) in [5.74, 6) is 0.392. The monoisotopic (exact) mass is 410 g/mol. The molecule has 1 N–H and O–H groups in total. The lowest BCUT2D eigenvalue weighted by Crippen LogP contribution is -2.34. The molecule has 0 saturated carbocycles. The number of likely N-dealkylation sites (tertiary alicyclic amines) is 1. The molecule has 2 aromatic heterocycles. The fraction of sp³-hybridized carbons (Fsp3) is 0.250. The number of fused-ring (bicyclic) bond motifs is 1. The van der Waals surface area contributed by atoms with E-state index in [-0.39, 0.29) is 11.9 Å². The Morgan fingerprint density at radius 3 is 2.81 bits per heavy atom. The number of amides is 1. The highest BCUT2D eigenvalue weighted by molar-refractivity contribution is 5.94. The molecule has 154 valence electrons. The van der Waals surface area contributed by atoms with Gasteiger partial charge in [0.25, 0.3) is 5.91 Å². The summed E-state index contributed by atoms with van der Waals surface area (Å²) in [5.41, 5.74) is 5.36. The molecule has 31 heavy (non-hydrogen) atoms. The third-order valence-corrected chi connectivity index (χ3v) is 6.09. The summed E-state index contributed by atoms with van der Waals surface area (Å²) in [6.45, 7) is 3.64. The summed E-state index contributed by atoms with van der Waals surface area (Å²) in [7, 11) is 0. The van der Waals surface area contributed by atoms with E-state index >= 15 is 0 Å². The van der Waals surface area contributed by atoms with Crippen molar-refractivity contribution in [2.75, 3.05) is 6.54 Å². The molecule has 2 unspecified atom stereocenters. The van der Waals surface area contributed by atoms with Gasteiger partial charge in [0.2, 0.25) is 0 Å². The third kappa shape index (κ3) is 3.57. The fourth-order valence-electron chi connectivity index (χ4n) is 4.49. The van der Waals surface area contributed by atoms with Gasteiger partial charge >= 0.3 is 0 Å². The zero-order chi connectivity index (χ0) is 21.4. The predicted molar refractivity (Wildman–Crippen MR) is 117 cm³/mol. The highest BCUT2D eigenvalue weighted by Gasteiger charge is 2.33. The van der Waals surface area contributed by atoms with Crippen LogP contribution in [-0.2, 0) is 6.54 Å². The molecule has 2 atom stereocenters. The van der Waals surface area contributed by atoms with Crippen LogP contribution in [0.4, 0.5) is 0 Å². The van der Waals surface area contributed by atoms with Crippen LogP contribution in [0.5, 0.6) is 0 Å². The second kappa shape index (κ2) is 7.73. The first-order valence-corrected chi connectivity index (χ1v) is 10.4. The summed E-state index contributed by atoms with van der Waals surface area (Å²) in [6, 6.07) is 15.4. The zero-order valence-electron chi connectivity index (χ0n) is 17.2. The number of nitriles is 1. The van der Waals surface area contributed by atoms with Crippen LogP contribution in [0.1, 0.15) is 29.3 Å². The van der Waals surface area contributed by atoms with Gasteiger partial charge in [-0.15, -0.1) is 0 Å².